The summed E-state index contributed by atoms with van der Waals surface area (Å²) in [4.78, 5) is 0.475. The van der Waals surface area contributed by atoms with E-state index in [2.05, 4.69) is 0 Å². The summed E-state index contributed by atoms with van der Waals surface area (Å²) in [5.74, 6) is 0.301. The van der Waals surface area contributed by atoms with Crippen LogP contribution in [-0.4, -0.2) is 44.4 Å². The van der Waals surface area contributed by atoms with Gasteiger partial charge in [0.05, 0.1) is 6.10 Å². The van der Waals surface area contributed by atoms with Crippen molar-refractivity contribution < 1.29 is 34.7 Å². The van der Waals surface area contributed by atoms with Crippen LogP contribution in [0.25, 0.3) is 0 Å². The van der Waals surface area contributed by atoms with Gasteiger partial charge in [0.15, 0.2) is 6.29 Å². The minimum absolute atomic E-state index is 0.103. The van der Waals surface area contributed by atoms with Crippen LogP contribution in [0.3, 0.4) is 0 Å². The topological polar surface area (TPSA) is 61.8 Å². The van der Waals surface area contributed by atoms with Crippen molar-refractivity contribution in [3.63, 3.8) is 0 Å². The Labute approximate surface area is 152 Å². The van der Waals surface area contributed by atoms with Crippen molar-refractivity contribution in [3.8, 4) is 0 Å². The summed E-state index contributed by atoms with van der Waals surface area (Å²) in [6.07, 6.45) is 2.29. The van der Waals surface area contributed by atoms with Gasteiger partial charge in [0.1, 0.15) is 0 Å². The molecule has 0 spiro atoms. The Morgan fingerprint density at radius 1 is 1.12 bits per heavy atom. The first-order valence-corrected chi connectivity index (χ1v) is 11.7. The van der Waals surface area contributed by atoms with E-state index in [1.807, 2.05) is 0 Å². The Balaban J connectivity index is 1.81. The third-order valence-electron chi connectivity index (χ3n) is 4.38. The summed E-state index contributed by atoms with van der Waals surface area (Å²) in [5.41, 5.74) is -5.45. The average molecular weight is 414 g/mol. The molecule has 3 unspecified atom stereocenters. The van der Waals surface area contributed by atoms with Crippen LogP contribution in [0.1, 0.15) is 25.7 Å². The third-order valence-corrected chi connectivity index (χ3v) is 9.65. The van der Waals surface area contributed by atoms with E-state index in [0.29, 0.717) is 17.9 Å². The van der Waals surface area contributed by atoms with Gasteiger partial charge < -0.3 is 9.47 Å². The second-order valence-corrected chi connectivity index (χ2v) is 11.1. The van der Waals surface area contributed by atoms with Crippen LogP contribution in [0.15, 0.2) is 35.2 Å². The molecule has 3 atom stereocenters. The number of ether oxygens (including phenoxy) is 2. The molecule has 3 rings (SSSR count). The van der Waals surface area contributed by atoms with Crippen LogP contribution in [0.2, 0.25) is 0 Å². The zero-order chi connectivity index (χ0) is 18.8. The molecule has 1 aromatic carbocycles. The molecular weight excluding hydrogens is 393 g/mol. The summed E-state index contributed by atoms with van der Waals surface area (Å²) < 4.78 is 78.3. The van der Waals surface area contributed by atoms with Crippen molar-refractivity contribution in [1.29, 1.82) is 0 Å². The highest BCUT2D eigenvalue weighted by Crippen LogP contribution is 2.63. The molecule has 0 bridgehead atoms. The number of benzene rings is 1. The Hall–Kier alpha value is -0.810. The first kappa shape index (κ1) is 19.9. The second kappa shape index (κ2) is 7.67. The van der Waals surface area contributed by atoms with Crippen LogP contribution in [-0.2, 0) is 23.2 Å². The zero-order valence-corrected chi connectivity index (χ0v) is 15.6. The molecule has 0 aliphatic carbocycles. The van der Waals surface area contributed by atoms with Crippen molar-refractivity contribution in [3.05, 3.63) is 30.3 Å². The smallest absolute Gasteiger partial charge is 0.353 e. The molecule has 26 heavy (non-hydrogen) atoms. The van der Waals surface area contributed by atoms with E-state index in [0.717, 1.165) is 19.3 Å². The maximum atomic E-state index is 12.9. The zero-order valence-electron chi connectivity index (χ0n) is 14.0. The van der Waals surface area contributed by atoms with Gasteiger partial charge in [-0.3, -0.25) is 0 Å². The van der Waals surface area contributed by atoms with Crippen LogP contribution >= 0.6 is 10.3 Å². The van der Waals surface area contributed by atoms with Crippen LogP contribution < -0.4 is 0 Å². The molecule has 0 aromatic heterocycles. The van der Waals surface area contributed by atoms with Crippen molar-refractivity contribution in [2.45, 2.75) is 48.5 Å². The molecule has 0 amide bonds. The van der Waals surface area contributed by atoms with Crippen LogP contribution in [0, 0.1) is 0 Å². The summed E-state index contributed by atoms with van der Waals surface area (Å²) in [6, 6.07) is 8.26. The van der Waals surface area contributed by atoms with Gasteiger partial charge in [-0.25, -0.2) is 3.63 Å². The monoisotopic (exact) mass is 414 g/mol. The lowest BCUT2D eigenvalue weighted by Crippen LogP contribution is -2.30. The Kier molecular flexibility index (Phi) is 5.88. The highest BCUT2D eigenvalue weighted by molar-refractivity contribution is 8.33. The van der Waals surface area contributed by atoms with E-state index in [-0.39, 0.29) is 17.8 Å². The number of hydrogen-bond donors (Lipinski definition) is 0. The fraction of sp³-hybridized carbons (Fsp3) is 0.625. The van der Waals surface area contributed by atoms with Gasteiger partial charge in [0.25, 0.3) is 0 Å². The van der Waals surface area contributed by atoms with Gasteiger partial charge in [-0.2, -0.15) is 21.6 Å². The van der Waals surface area contributed by atoms with Gasteiger partial charge >= 0.3 is 15.6 Å². The molecular formula is C16H21F3O5S2. The van der Waals surface area contributed by atoms with Gasteiger partial charge in [0.2, 0.25) is 0 Å². The van der Waals surface area contributed by atoms with Gasteiger partial charge in [0, 0.05) is 23.0 Å². The van der Waals surface area contributed by atoms with E-state index in [1.165, 1.54) is 0 Å². The molecule has 0 N–H and O–H groups in total. The number of halogens is 3. The van der Waals surface area contributed by atoms with Crippen LogP contribution in [0.4, 0.5) is 13.2 Å². The van der Waals surface area contributed by atoms with E-state index in [4.69, 9.17) is 13.1 Å². The molecule has 1 aromatic rings. The molecule has 2 heterocycles. The Morgan fingerprint density at radius 3 is 2.46 bits per heavy atom. The Morgan fingerprint density at radius 2 is 1.85 bits per heavy atom. The maximum absolute atomic E-state index is 12.9. The highest BCUT2D eigenvalue weighted by atomic mass is 32.3. The van der Waals surface area contributed by atoms with Crippen molar-refractivity contribution >= 4 is 20.4 Å². The molecule has 0 saturated carbocycles. The third kappa shape index (κ3) is 4.36. The van der Waals surface area contributed by atoms with E-state index >= 15 is 0 Å². The molecule has 2 aliphatic heterocycles. The first-order chi connectivity index (χ1) is 12.2. The summed E-state index contributed by atoms with van der Waals surface area (Å²) in [5, 5.41) is 0. The van der Waals surface area contributed by atoms with Crippen molar-refractivity contribution in [1.82, 2.24) is 0 Å². The van der Waals surface area contributed by atoms with E-state index < -0.39 is 32.0 Å². The Bertz CT molecular complexity index is 704. The molecule has 2 saturated heterocycles. The summed E-state index contributed by atoms with van der Waals surface area (Å²) in [6.45, 7) is 0.590. The van der Waals surface area contributed by atoms with Crippen molar-refractivity contribution in [2.24, 2.45) is 0 Å². The number of hydrogen-bond acceptors (Lipinski definition) is 5. The molecule has 0 radical (unpaired) electrons. The normalized spacial score (nSPS) is 32.9. The molecule has 2 aliphatic rings. The minimum atomic E-state index is -5.69. The maximum Gasteiger partial charge on any atom is 0.523 e. The standard InChI is InChI=1S/C16H21F3O5S2/c17-16(18,19)26(20,21)24-25(14-6-2-1-3-7-14)11-9-13(12-25)23-15-8-4-5-10-22-15/h1-3,6-7,13,15H,4-5,8-12H2. The summed E-state index contributed by atoms with van der Waals surface area (Å²) >= 11 is 0. The van der Waals surface area contributed by atoms with Crippen molar-refractivity contribution in [2.75, 3.05) is 18.1 Å². The lowest BCUT2D eigenvalue weighted by Gasteiger charge is -2.35. The second-order valence-electron chi connectivity index (χ2n) is 6.31. The largest absolute Gasteiger partial charge is 0.523 e. The number of rotatable bonds is 5. The average Bonchev–Trinajstić information content (AvgIpc) is 2.99. The predicted molar refractivity (Wildman–Crippen MR) is 91.2 cm³/mol. The minimum Gasteiger partial charge on any atom is -0.353 e. The lowest BCUT2D eigenvalue weighted by molar-refractivity contribution is -0.182. The molecule has 2 fully saturated rings. The predicted octanol–water partition coefficient (Wildman–Crippen LogP) is 3.95. The van der Waals surface area contributed by atoms with Crippen LogP contribution in [0.5, 0.6) is 0 Å². The molecule has 10 heteroatoms. The molecule has 5 nitrogen and oxygen atoms in total. The first-order valence-electron chi connectivity index (χ1n) is 8.35. The fourth-order valence-electron chi connectivity index (χ4n) is 3.12. The number of alkyl halides is 3. The van der Waals surface area contributed by atoms with E-state index in [9.17, 15) is 21.6 Å². The van der Waals surface area contributed by atoms with Gasteiger partial charge in [-0.1, -0.05) is 28.5 Å². The van der Waals surface area contributed by atoms with E-state index in [1.54, 1.807) is 30.3 Å². The fourth-order valence-corrected chi connectivity index (χ4v) is 8.35. The highest BCUT2D eigenvalue weighted by Gasteiger charge is 2.53. The van der Waals surface area contributed by atoms with Gasteiger partial charge in [-0.05, 0) is 37.8 Å². The van der Waals surface area contributed by atoms with Gasteiger partial charge in [-0.15, -0.1) is 0 Å². The SMILES string of the molecule is O=S(=O)(OS1(c2ccccc2)CCC(OC2CCCCO2)C1)C(F)(F)F. The quantitative estimate of drug-likeness (QED) is 0.683. The summed E-state index contributed by atoms with van der Waals surface area (Å²) in [7, 11) is -8.36. The lowest BCUT2D eigenvalue weighted by atomic mass is 10.2. The molecule has 148 valence electrons.